The SMILES string of the molecule is COc1c(N2CCNC(C)C2)c(F)c(C)c2c(=O)c(C(=O)O)c(C)n(C3CC3)c12.COc1c(N2CCNCC2)c(F)c(C)c2c(=O)c(C(=O)OCOC(=O)c3c(C)n(C4CC4)c4c(OC)c(N5CCN(COCC(=O)[C@@]6(O)CC[C@H]7[C@@H]8CCC9=CC(=O)C=C[C@]9(C)[C@H]8[C@@H](O)C[C@@]76C)C(C)C5)c(F)c(C)c4c3=O)c(C)n(C3CC3)c12.C[C@]12C=CC(=O)C=C1CC[C@@H]1[C@@H]2[C@@H](O)C[C@@]2(C)[C@H]1CC[C@]2(O)C(=O)CO. The third kappa shape index (κ3) is 15.8. The first-order valence-electron chi connectivity index (χ1n) is 49.8. The molecule has 11 aliphatic carbocycles. The predicted molar refractivity (Wildman–Crippen MR) is 517 cm³/mol. The van der Waals surface area contributed by atoms with Gasteiger partial charge in [-0.1, -0.05) is 51.0 Å². The number of carbonyl (C=O) groups is 7. The van der Waals surface area contributed by atoms with Crippen LogP contribution in [0, 0.1) is 116 Å². The molecule has 140 heavy (non-hydrogen) atoms. The Kier molecular flexibility index (Phi) is 26.4. The lowest BCUT2D eigenvalue weighted by molar-refractivity contribution is -0.180. The third-order valence-electron chi connectivity index (χ3n) is 35.4. The smallest absolute Gasteiger partial charge is 0.346 e. The Morgan fingerprint density at radius 3 is 1.29 bits per heavy atom. The van der Waals surface area contributed by atoms with Gasteiger partial charge in [0, 0.05) is 163 Å². The van der Waals surface area contributed by atoms with Crippen LogP contribution in [0.5, 0.6) is 17.2 Å². The van der Waals surface area contributed by atoms with E-state index >= 15 is 13.2 Å². The normalized spacial score (nSPS) is 30.6. The molecule has 0 amide bonds. The number of Topliss-reactive ketones (excluding diaryl/α,β-unsaturated/α-hetero) is 2. The van der Waals surface area contributed by atoms with Crippen LogP contribution in [-0.4, -0.2) is 239 Å². The van der Waals surface area contributed by atoms with E-state index in [-0.39, 0.29) is 193 Å². The van der Waals surface area contributed by atoms with Crippen LogP contribution in [0.4, 0.5) is 30.2 Å². The van der Waals surface area contributed by atoms with Crippen molar-refractivity contribution < 1.29 is 106 Å². The van der Waals surface area contributed by atoms with E-state index < -0.39 is 116 Å². The summed E-state index contributed by atoms with van der Waals surface area (Å²) in [4.78, 5) is 141. The number of methoxy groups -OCH3 is 3. The highest BCUT2D eigenvalue weighted by molar-refractivity contribution is 6.05. The highest BCUT2D eigenvalue weighted by Crippen LogP contribution is 2.70. The van der Waals surface area contributed by atoms with Crippen molar-refractivity contribution in [3.05, 3.63) is 146 Å². The van der Waals surface area contributed by atoms with Gasteiger partial charge in [-0.3, -0.25) is 38.5 Å². The number of aliphatic hydroxyl groups excluding tert-OH is 3. The fourth-order valence-corrected chi connectivity index (χ4v) is 27.9. The number of anilines is 3. The van der Waals surface area contributed by atoms with Gasteiger partial charge >= 0.3 is 17.9 Å². The number of carboxylic acid groups (broad SMARTS) is 1. The van der Waals surface area contributed by atoms with E-state index in [1.54, 1.807) is 52.0 Å². The molecule has 14 aliphatic rings. The molecule has 3 saturated heterocycles. The van der Waals surface area contributed by atoms with E-state index in [0.717, 1.165) is 68.9 Å². The summed E-state index contributed by atoms with van der Waals surface area (Å²) in [5, 5.41) is 72.2. The molecule has 3 aromatic heterocycles. The number of allylic oxidation sites excluding steroid dienone is 8. The van der Waals surface area contributed by atoms with Crippen LogP contribution < -0.4 is 55.8 Å². The Morgan fingerprint density at radius 1 is 0.507 bits per heavy atom. The Hall–Kier alpha value is -10.4. The van der Waals surface area contributed by atoms with Crippen LogP contribution in [0.25, 0.3) is 32.7 Å². The number of rotatable bonds is 21. The summed E-state index contributed by atoms with van der Waals surface area (Å²) in [7, 11) is 4.32. The van der Waals surface area contributed by atoms with E-state index in [0.29, 0.717) is 131 Å². The number of ketones is 4. The highest BCUT2D eigenvalue weighted by Gasteiger charge is 2.70. The standard InChI is InChI=1S/C64H78F2N6O13.C21H26FN3O4.C21H28O5/c1-32-28-69(24-25-70(32)30-83-29-44(75)64(80)19-17-42-41-15-10-37-26-40(73)16-18-62(37,6)49(41)43(74)27-63(42,64)7)55-51(66)34(3)46-53(59(55)82-9)72(39-13-14-39)36(5)48(57(46)77)61(79)85-31-84-60(78)47-35(4)71(38-11-12-38)52-45(56(47)76)33(2)50(65)54(58(52)81-8)68-22-20-67-21-23-68;1-10-9-24(8-7-23-10)18-16(22)11(2)14-17(20(18)29-4)25(13-5-6-13)12(3)15(19(14)26)21(27)28;1-19-7-5-13(23)9-12(19)3-4-14-15-6-8-21(26,17(25)11-22)20(15,2)10-16(24)18(14)19/h16,18,26,32,38-39,41-43,49,67,74,80H,10-15,17,19-25,27-31H2,1-9H3;10,13,23H,5-9H2,1-4H3,(H,27,28);5,7,9,14-16,18,22,24,26H,3-4,6,8,10-11H2,1-2H3/t32?,41-,42-,43-,49+,62-,63-,64-;;14-,15-,16-,18+,19-,20-,21-/m0.0/s1. The van der Waals surface area contributed by atoms with Crippen LogP contribution in [0.1, 0.15) is 227 Å². The lowest BCUT2D eigenvalue weighted by Crippen LogP contribution is -2.61. The molecule has 3 aromatic carbocycles. The molecular formula is C106H132F3N9O22. The summed E-state index contributed by atoms with van der Waals surface area (Å²) in [6.07, 6.45) is 19.5. The summed E-state index contributed by atoms with van der Waals surface area (Å²) >= 11 is 0. The number of aryl methyl sites for hydroxylation is 3. The van der Waals surface area contributed by atoms with E-state index in [2.05, 4.69) is 24.5 Å². The number of nitrogens with zero attached hydrogens (tertiary/aromatic N) is 7. The minimum absolute atomic E-state index is 0.000492. The first kappa shape index (κ1) is 99.7. The van der Waals surface area contributed by atoms with Crippen molar-refractivity contribution in [1.82, 2.24) is 29.2 Å². The number of piperazine rings is 3. The van der Waals surface area contributed by atoms with Gasteiger partial charge in [-0.2, -0.15) is 0 Å². The molecule has 12 fully saturated rings. The number of carboxylic acids is 1. The maximum absolute atomic E-state index is 17.3. The van der Waals surface area contributed by atoms with Gasteiger partial charge < -0.3 is 98.1 Å². The summed E-state index contributed by atoms with van der Waals surface area (Å²) in [6.45, 7) is 24.8. The molecule has 2 unspecified atom stereocenters. The van der Waals surface area contributed by atoms with Gasteiger partial charge in [-0.25, -0.2) is 27.6 Å². The summed E-state index contributed by atoms with van der Waals surface area (Å²) < 4.78 is 89.7. The highest BCUT2D eigenvalue weighted by atomic mass is 19.1. The number of aromatic nitrogens is 3. The average molecular weight is 1940 g/mol. The van der Waals surface area contributed by atoms with Crippen molar-refractivity contribution in [1.29, 1.82) is 0 Å². The molecule has 6 heterocycles. The molecule has 20 rings (SSSR count). The second kappa shape index (κ2) is 37.1. The Balaban J connectivity index is 0.000000189. The largest absolute Gasteiger partial charge is 0.492 e. The van der Waals surface area contributed by atoms with Gasteiger partial charge in [-0.05, 0) is 206 Å². The zero-order valence-electron chi connectivity index (χ0n) is 82.7. The molecular weight excluding hydrogens is 1810 g/mol. The van der Waals surface area contributed by atoms with Crippen molar-refractivity contribution >= 4 is 90.8 Å². The molecule has 6 aromatic rings. The molecule has 34 heteroatoms. The minimum Gasteiger partial charge on any atom is -0.492 e. The molecule has 16 atom stereocenters. The summed E-state index contributed by atoms with van der Waals surface area (Å²) in [5.74, 6) is -5.50. The monoisotopic (exact) mass is 1940 g/mol. The minimum atomic E-state index is -1.70. The number of carbonyl (C=O) groups excluding carboxylic acids is 6. The molecule has 0 spiro atoms. The summed E-state index contributed by atoms with van der Waals surface area (Å²) in [5.41, 5.74) is -3.67. The van der Waals surface area contributed by atoms with Gasteiger partial charge in [0.2, 0.25) is 23.1 Å². The quantitative estimate of drug-likeness (QED) is 0.0245. The maximum Gasteiger partial charge on any atom is 0.346 e. The molecule has 0 radical (unpaired) electrons. The van der Waals surface area contributed by atoms with E-state index in [9.17, 15) is 78.6 Å². The number of nitrogens with one attached hydrogen (secondary N) is 2. The van der Waals surface area contributed by atoms with Gasteiger partial charge in [0.25, 0.3) is 0 Å². The van der Waals surface area contributed by atoms with Gasteiger partial charge in [0.15, 0.2) is 57.8 Å². The Labute approximate surface area is 810 Å². The zero-order chi connectivity index (χ0) is 100. The number of fused-ring (bicyclic) bond motifs is 13. The number of hydrogen-bond acceptors (Lipinski definition) is 27. The van der Waals surface area contributed by atoms with E-state index in [4.69, 9.17) is 28.4 Å². The predicted octanol–water partition coefficient (Wildman–Crippen LogP) is 11.1. The van der Waals surface area contributed by atoms with Crippen molar-refractivity contribution in [2.45, 2.75) is 239 Å². The first-order valence-corrected chi connectivity index (χ1v) is 49.8. The molecule has 3 aliphatic heterocycles. The number of benzene rings is 3. The fourth-order valence-electron chi connectivity index (χ4n) is 27.9. The lowest BCUT2D eigenvalue weighted by atomic mass is 9.46. The van der Waals surface area contributed by atoms with Crippen molar-refractivity contribution in [2.24, 2.45) is 57.2 Å². The number of ether oxygens (including phenoxy) is 6. The van der Waals surface area contributed by atoms with Crippen molar-refractivity contribution in [3.63, 3.8) is 0 Å². The third-order valence-corrected chi connectivity index (χ3v) is 35.4. The average Bonchev–Trinajstić information content (AvgIpc) is 1.27. The number of esters is 2. The molecule has 0 bridgehead atoms. The number of halogens is 3. The van der Waals surface area contributed by atoms with Crippen LogP contribution >= 0.6 is 0 Å². The van der Waals surface area contributed by atoms with Crippen LogP contribution in [0.15, 0.2) is 62.0 Å². The van der Waals surface area contributed by atoms with Crippen LogP contribution in [0.2, 0.25) is 0 Å². The second-order valence-corrected chi connectivity index (χ2v) is 42.9. The van der Waals surface area contributed by atoms with Crippen molar-refractivity contribution in [3.8, 4) is 17.2 Å². The van der Waals surface area contributed by atoms with Crippen LogP contribution in [0.3, 0.4) is 0 Å². The number of aromatic carboxylic acids is 1. The first-order chi connectivity index (χ1) is 66.5. The van der Waals surface area contributed by atoms with E-state index in [1.165, 1.54) is 35.2 Å². The fraction of sp³-hybridized carbons (Fsp3) is 0.604. The lowest BCUT2D eigenvalue weighted by Gasteiger charge is -2.59. The number of pyridine rings is 3. The van der Waals surface area contributed by atoms with Gasteiger partial charge in [0.05, 0.1) is 73.0 Å². The van der Waals surface area contributed by atoms with Crippen molar-refractivity contribution in [2.75, 3.05) is 128 Å². The molecule has 31 nitrogen and oxygen atoms in total. The van der Waals surface area contributed by atoms with Gasteiger partial charge in [0.1, 0.15) is 58.2 Å². The molecule has 9 saturated carbocycles. The molecule has 754 valence electrons. The molecule has 8 N–H and O–H groups in total. The maximum atomic E-state index is 17.3. The zero-order valence-corrected chi connectivity index (χ0v) is 82.7. The topological polar surface area (TPSA) is 399 Å². The van der Waals surface area contributed by atoms with Gasteiger partial charge in [-0.15, -0.1) is 0 Å². The Morgan fingerprint density at radius 2 is 0.900 bits per heavy atom. The number of hydrogen-bond donors (Lipinski definition) is 8. The van der Waals surface area contributed by atoms with Crippen LogP contribution in [-0.2, 0) is 33.4 Å². The second-order valence-electron chi connectivity index (χ2n) is 42.9. The number of aliphatic hydroxyl groups is 5. The summed E-state index contributed by atoms with van der Waals surface area (Å²) in [6, 6.07) is -0.220. The Bertz CT molecular complexity index is 6520. The van der Waals surface area contributed by atoms with E-state index in [1.807, 2.05) is 73.1 Å².